The van der Waals surface area contributed by atoms with E-state index in [0.29, 0.717) is 25.3 Å². The van der Waals surface area contributed by atoms with Crippen LogP contribution in [-0.2, 0) is 21.2 Å². The van der Waals surface area contributed by atoms with Crippen molar-refractivity contribution >= 4 is 37.5 Å². The van der Waals surface area contributed by atoms with Crippen molar-refractivity contribution in [3.8, 4) is 5.75 Å². The lowest BCUT2D eigenvalue weighted by Gasteiger charge is -2.24. The second-order valence-corrected chi connectivity index (χ2v) is 10.6. The maximum atomic E-state index is 13.4. The monoisotopic (exact) mass is 544 g/mol. The van der Waals surface area contributed by atoms with Crippen molar-refractivity contribution in [2.24, 2.45) is 0 Å². The van der Waals surface area contributed by atoms with Gasteiger partial charge in [0.05, 0.1) is 17.2 Å². The minimum atomic E-state index is -3.93. The summed E-state index contributed by atoms with van der Waals surface area (Å²) in [5.74, 6) is 0.482. The van der Waals surface area contributed by atoms with Crippen LogP contribution in [0.25, 0.3) is 0 Å². The van der Waals surface area contributed by atoms with Crippen LogP contribution in [-0.4, -0.2) is 34.0 Å². The highest BCUT2D eigenvalue weighted by atomic mass is 79.9. The maximum Gasteiger partial charge on any atom is 0.264 e. The number of hydrogen-bond acceptors (Lipinski definition) is 4. The van der Waals surface area contributed by atoms with Crippen molar-refractivity contribution in [3.05, 3.63) is 88.4 Å². The minimum Gasteiger partial charge on any atom is -0.494 e. The molecule has 1 N–H and O–H groups in total. The Hall–Kier alpha value is -2.84. The molecule has 8 heteroatoms. The van der Waals surface area contributed by atoms with Crippen LogP contribution in [0.4, 0.5) is 5.69 Å². The fourth-order valence-corrected chi connectivity index (χ4v) is 5.28. The number of halogens is 1. The number of carbonyl (C=O) groups excluding carboxylic acids is 1. The molecule has 0 aliphatic heterocycles. The van der Waals surface area contributed by atoms with Gasteiger partial charge in [0.1, 0.15) is 12.3 Å². The lowest BCUT2D eigenvalue weighted by Crippen LogP contribution is -2.41. The van der Waals surface area contributed by atoms with Crippen molar-refractivity contribution in [2.45, 2.75) is 31.6 Å². The highest BCUT2D eigenvalue weighted by Crippen LogP contribution is 2.26. The molecule has 0 aliphatic carbocycles. The van der Waals surface area contributed by atoms with Crippen molar-refractivity contribution in [3.63, 3.8) is 0 Å². The number of ether oxygens (including phenoxy) is 1. The number of amides is 1. The van der Waals surface area contributed by atoms with E-state index in [9.17, 15) is 13.2 Å². The number of rotatable bonds is 11. The summed E-state index contributed by atoms with van der Waals surface area (Å²) in [5.41, 5.74) is 2.45. The summed E-state index contributed by atoms with van der Waals surface area (Å²) in [6.07, 6.45) is 1.45. The molecule has 0 atom stereocenters. The lowest BCUT2D eigenvalue weighted by atomic mass is 10.1. The van der Waals surface area contributed by atoms with Gasteiger partial charge in [0.2, 0.25) is 5.91 Å². The number of aryl methyl sites for hydroxylation is 2. The number of anilines is 1. The first-order valence-electron chi connectivity index (χ1n) is 11.1. The third-order valence-corrected chi connectivity index (χ3v) is 7.49. The molecule has 0 aromatic heterocycles. The number of nitrogens with one attached hydrogen (secondary N) is 1. The molecule has 3 aromatic rings. The van der Waals surface area contributed by atoms with E-state index in [1.54, 1.807) is 48.5 Å². The molecule has 0 unspecified atom stereocenters. The Bertz CT molecular complexity index is 1210. The molecular weight excluding hydrogens is 516 g/mol. The Balaban J connectivity index is 1.69. The van der Waals surface area contributed by atoms with Gasteiger partial charge in [-0.15, -0.1) is 0 Å². The van der Waals surface area contributed by atoms with E-state index in [-0.39, 0.29) is 17.3 Å². The maximum absolute atomic E-state index is 13.4. The molecule has 3 aromatic carbocycles. The molecule has 6 nitrogen and oxygen atoms in total. The van der Waals surface area contributed by atoms with Crippen molar-refractivity contribution < 1.29 is 17.9 Å². The fourth-order valence-electron chi connectivity index (χ4n) is 3.48. The van der Waals surface area contributed by atoms with Gasteiger partial charge in [0, 0.05) is 11.0 Å². The van der Waals surface area contributed by atoms with E-state index in [1.807, 2.05) is 38.1 Å². The smallest absolute Gasteiger partial charge is 0.264 e. The first-order valence-corrected chi connectivity index (χ1v) is 13.4. The largest absolute Gasteiger partial charge is 0.494 e. The van der Waals surface area contributed by atoms with Crippen LogP contribution >= 0.6 is 15.9 Å². The molecule has 0 saturated heterocycles. The number of hydrogen-bond donors (Lipinski definition) is 1. The van der Waals surface area contributed by atoms with Crippen LogP contribution in [0.2, 0.25) is 0 Å². The number of sulfonamides is 1. The van der Waals surface area contributed by atoms with Crippen molar-refractivity contribution in [1.29, 1.82) is 0 Å². The van der Waals surface area contributed by atoms with E-state index in [4.69, 9.17) is 4.74 Å². The predicted molar refractivity (Wildman–Crippen MR) is 139 cm³/mol. The Labute approximate surface area is 210 Å². The molecule has 3 rings (SSSR count). The Morgan fingerprint density at radius 2 is 1.76 bits per heavy atom. The second-order valence-electron chi connectivity index (χ2n) is 7.80. The van der Waals surface area contributed by atoms with Gasteiger partial charge in [-0.3, -0.25) is 9.10 Å². The van der Waals surface area contributed by atoms with Crippen molar-refractivity contribution in [1.82, 2.24) is 5.32 Å². The summed E-state index contributed by atoms with van der Waals surface area (Å²) in [6.45, 7) is 4.54. The molecule has 180 valence electrons. The van der Waals surface area contributed by atoms with Gasteiger partial charge in [0.15, 0.2) is 0 Å². The minimum absolute atomic E-state index is 0.137. The van der Waals surface area contributed by atoms with Gasteiger partial charge in [-0.25, -0.2) is 8.42 Å². The zero-order chi connectivity index (χ0) is 24.6. The van der Waals surface area contributed by atoms with Gasteiger partial charge >= 0.3 is 0 Å². The SMILES string of the molecule is CCOc1ccccc1CCCNC(=O)CN(c1cccc(Br)c1)S(=O)(=O)c1ccc(C)cc1. The van der Waals surface area contributed by atoms with Crippen LogP contribution in [0.1, 0.15) is 24.5 Å². The summed E-state index contributed by atoms with van der Waals surface area (Å²) in [5, 5.41) is 2.85. The normalized spacial score (nSPS) is 11.1. The molecule has 0 fully saturated rings. The third kappa shape index (κ3) is 6.84. The summed E-state index contributed by atoms with van der Waals surface area (Å²) in [7, 11) is -3.93. The zero-order valence-corrected chi connectivity index (χ0v) is 21.7. The number of carbonyl (C=O) groups is 1. The molecule has 1 amide bonds. The van der Waals surface area contributed by atoms with Crippen LogP contribution in [0, 0.1) is 6.92 Å². The number of benzene rings is 3. The van der Waals surface area contributed by atoms with E-state index >= 15 is 0 Å². The van der Waals surface area contributed by atoms with Gasteiger partial charge in [-0.2, -0.15) is 0 Å². The third-order valence-electron chi connectivity index (χ3n) is 5.21. The van der Waals surface area contributed by atoms with Crippen LogP contribution in [0.3, 0.4) is 0 Å². The van der Waals surface area contributed by atoms with E-state index in [2.05, 4.69) is 21.2 Å². The molecule has 0 saturated carbocycles. The van der Waals surface area contributed by atoms with E-state index < -0.39 is 10.0 Å². The predicted octanol–water partition coefficient (Wildman–Crippen LogP) is 5.10. The molecule has 0 radical (unpaired) electrons. The Kier molecular flexibility index (Phi) is 9.12. The zero-order valence-electron chi connectivity index (χ0n) is 19.3. The highest BCUT2D eigenvalue weighted by Gasteiger charge is 2.27. The van der Waals surface area contributed by atoms with Crippen LogP contribution in [0.5, 0.6) is 5.75 Å². The standard InChI is InChI=1S/C26H29BrN2O4S/c1-3-33-25-12-5-4-8-21(25)9-7-17-28-26(30)19-29(23-11-6-10-22(27)18-23)34(31,32)24-15-13-20(2)14-16-24/h4-6,8,10-16,18H,3,7,9,17,19H2,1-2H3,(H,28,30). The van der Waals surface area contributed by atoms with Gasteiger partial charge in [-0.05, 0) is 68.7 Å². The fraction of sp³-hybridized carbons (Fsp3) is 0.269. The molecule has 34 heavy (non-hydrogen) atoms. The Morgan fingerprint density at radius 3 is 2.47 bits per heavy atom. The van der Waals surface area contributed by atoms with Crippen LogP contribution < -0.4 is 14.4 Å². The summed E-state index contributed by atoms with van der Waals surface area (Å²) in [4.78, 5) is 12.9. The summed E-state index contributed by atoms with van der Waals surface area (Å²) < 4.78 is 34.4. The highest BCUT2D eigenvalue weighted by molar-refractivity contribution is 9.10. The van der Waals surface area contributed by atoms with Gasteiger partial charge in [-0.1, -0.05) is 57.9 Å². The second kappa shape index (κ2) is 12.0. The number of para-hydroxylation sites is 1. The average Bonchev–Trinajstić information content (AvgIpc) is 2.81. The first kappa shape index (κ1) is 25.8. The molecule has 0 bridgehead atoms. The summed E-state index contributed by atoms with van der Waals surface area (Å²) in [6, 6.07) is 21.3. The Morgan fingerprint density at radius 1 is 1.03 bits per heavy atom. The van der Waals surface area contributed by atoms with E-state index in [0.717, 1.165) is 32.1 Å². The quantitative estimate of drug-likeness (QED) is 0.340. The molecule has 0 spiro atoms. The van der Waals surface area contributed by atoms with Gasteiger partial charge in [0.25, 0.3) is 10.0 Å². The molecule has 0 aliphatic rings. The van der Waals surface area contributed by atoms with Gasteiger partial charge < -0.3 is 10.1 Å². The van der Waals surface area contributed by atoms with E-state index in [1.165, 1.54) is 0 Å². The lowest BCUT2D eigenvalue weighted by molar-refractivity contribution is -0.119. The molecule has 0 heterocycles. The van der Waals surface area contributed by atoms with Crippen molar-refractivity contribution in [2.75, 3.05) is 24.0 Å². The topological polar surface area (TPSA) is 75.7 Å². The average molecular weight is 545 g/mol. The first-order chi connectivity index (χ1) is 16.3. The van der Waals surface area contributed by atoms with Crippen LogP contribution in [0.15, 0.2) is 82.2 Å². The summed E-state index contributed by atoms with van der Waals surface area (Å²) >= 11 is 3.39. The number of nitrogens with zero attached hydrogens (tertiary/aromatic N) is 1. The molecular formula is C26H29BrN2O4S.